The van der Waals surface area contributed by atoms with Crippen LogP contribution in [0, 0.1) is 5.82 Å². The van der Waals surface area contributed by atoms with Gasteiger partial charge in [-0.2, -0.15) is 15.0 Å². The van der Waals surface area contributed by atoms with Crippen molar-refractivity contribution in [2.24, 2.45) is 0 Å². The summed E-state index contributed by atoms with van der Waals surface area (Å²) in [6.45, 7) is 0.376. The first-order valence-corrected chi connectivity index (χ1v) is 6.47. The Balaban J connectivity index is 1.79. The summed E-state index contributed by atoms with van der Waals surface area (Å²) in [5.74, 6) is 0.374. The molecule has 3 rings (SSSR count). The summed E-state index contributed by atoms with van der Waals surface area (Å²) in [6.07, 6.45) is 4.86. The topological polar surface area (TPSA) is 68.5 Å². The largest absolute Gasteiger partial charge is 0.350 e. The number of hydrogen-bond donors (Lipinski definition) is 1. The Kier molecular flexibility index (Phi) is 3.74. The highest BCUT2D eigenvalue weighted by Crippen LogP contribution is 2.11. The van der Waals surface area contributed by atoms with E-state index < -0.39 is 0 Å². The summed E-state index contributed by atoms with van der Waals surface area (Å²) < 4.78 is 14.7. The minimum absolute atomic E-state index is 0.0652. The van der Waals surface area contributed by atoms with Gasteiger partial charge in [-0.25, -0.2) is 9.37 Å². The van der Waals surface area contributed by atoms with E-state index in [9.17, 15) is 4.39 Å². The standard InChI is InChI=1S/C13H10ClFN6/c14-11-18-12(17-7-9-2-1-3-10(15)6-9)20-13(19-11)21-5-4-16-8-21/h1-6,8H,7H2,(H,17,18,19,20). The zero-order valence-electron chi connectivity index (χ0n) is 10.7. The minimum atomic E-state index is -0.290. The van der Waals surface area contributed by atoms with Crippen molar-refractivity contribution >= 4 is 17.5 Å². The molecule has 3 aromatic rings. The van der Waals surface area contributed by atoms with Crippen LogP contribution in [0.5, 0.6) is 0 Å². The van der Waals surface area contributed by atoms with E-state index in [1.807, 2.05) is 0 Å². The summed E-state index contributed by atoms with van der Waals surface area (Å²) in [5.41, 5.74) is 0.774. The lowest BCUT2D eigenvalue weighted by atomic mass is 10.2. The van der Waals surface area contributed by atoms with Gasteiger partial charge in [0, 0.05) is 18.9 Å². The molecule has 0 spiro atoms. The highest BCUT2D eigenvalue weighted by atomic mass is 35.5. The average Bonchev–Trinajstić information content (AvgIpc) is 2.99. The van der Waals surface area contributed by atoms with E-state index in [-0.39, 0.29) is 11.1 Å². The minimum Gasteiger partial charge on any atom is -0.350 e. The van der Waals surface area contributed by atoms with E-state index >= 15 is 0 Å². The summed E-state index contributed by atoms with van der Waals surface area (Å²) in [5, 5.41) is 3.05. The second kappa shape index (κ2) is 5.84. The van der Waals surface area contributed by atoms with Crippen LogP contribution in [0.15, 0.2) is 43.0 Å². The van der Waals surface area contributed by atoms with Gasteiger partial charge in [0.05, 0.1) is 0 Å². The molecule has 2 heterocycles. The normalized spacial score (nSPS) is 10.6. The summed E-state index contributed by atoms with van der Waals surface area (Å²) in [7, 11) is 0. The number of imidazole rings is 1. The van der Waals surface area contributed by atoms with Crippen LogP contribution in [0.25, 0.3) is 5.95 Å². The first kappa shape index (κ1) is 13.4. The Morgan fingerprint density at radius 2 is 2.14 bits per heavy atom. The molecule has 2 aromatic heterocycles. The fourth-order valence-electron chi connectivity index (χ4n) is 1.74. The van der Waals surface area contributed by atoms with E-state index in [1.54, 1.807) is 35.4 Å². The molecule has 0 aliphatic heterocycles. The van der Waals surface area contributed by atoms with E-state index in [2.05, 4.69) is 25.3 Å². The third-order valence-electron chi connectivity index (χ3n) is 2.67. The molecular formula is C13H10ClFN6. The van der Waals surface area contributed by atoms with Crippen LogP contribution in [0.4, 0.5) is 10.3 Å². The average molecular weight is 305 g/mol. The van der Waals surface area contributed by atoms with Crippen molar-refractivity contribution in [3.8, 4) is 5.95 Å². The van der Waals surface area contributed by atoms with Crippen molar-refractivity contribution in [2.75, 3.05) is 5.32 Å². The van der Waals surface area contributed by atoms with Crippen LogP contribution in [-0.4, -0.2) is 24.5 Å². The second-order valence-corrected chi connectivity index (χ2v) is 4.52. The summed E-state index contributed by atoms with van der Waals surface area (Å²) in [6, 6.07) is 6.27. The van der Waals surface area contributed by atoms with Gasteiger partial charge in [0.25, 0.3) is 0 Å². The first-order chi connectivity index (χ1) is 10.2. The van der Waals surface area contributed by atoms with Gasteiger partial charge in [-0.15, -0.1) is 0 Å². The van der Waals surface area contributed by atoms with Crippen molar-refractivity contribution in [2.45, 2.75) is 6.54 Å². The molecule has 21 heavy (non-hydrogen) atoms. The SMILES string of the molecule is Fc1cccc(CNc2nc(Cl)nc(-n3ccnc3)n2)c1. The Labute approximate surface area is 124 Å². The van der Waals surface area contributed by atoms with E-state index in [1.165, 1.54) is 12.1 Å². The lowest BCUT2D eigenvalue weighted by molar-refractivity contribution is 0.626. The number of halogens is 2. The molecule has 106 valence electrons. The summed E-state index contributed by atoms with van der Waals surface area (Å²) in [4.78, 5) is 16.1. The number of nitrogens with zero attached hydrogens (tertiary/aromatic N) is 5. The molecule has 1 aromatic carbocycles. The number of rotatable bonds is 4. The number of benzene rings is 1. The third kappa shape index (κ3) is 3.32. The maximum Gasteiger partial charge on any atom is 0.241 e. The van der Waals surface area contributed by atoms with Crippen molar-refractivity contribution in [1.82, 2.24) is 24.5 Å². The van der Waals surface area contributed by atoms with Gasteiger partial charge in [-0.05, 0) is 29.3 Å². The Morgan fingerprint density at radius 1 is 1.24 bits per heavy atom. The van der Waals surface area contributed by atoms with Gasteiger partial charge >= 0.3 is 0 Å². The molecule has 0 amide bonds. The molecule has 6 nitrogen and oxygen atoms in total. The Hall–Kier alpha value is -2.54. The van der Waals surface area contributed by atoms with E-state index in [0.717, 1.165) is 5.56 Å². The van der Waals surface area contributed by atoms with E-state index in [4.69, 9.17) is 11.6 Å². The lowest BCUT2D eigenvalue weighted by Gasteiger charge is -2.07. The van der Waals surface area contributed by atoms with Crippen LogP contribution < -0.4 is 5.32 Å². The quantitative estimate of drug-likeness (QED) is 0.802. The molecule has 0 saturated carbocycles. The maximum absolute atomic E-state index is 13.1. The molecule has 0 fully saturated rings. The highest BCUT2D eigenvalue weighted by molar-refractivity contribution is 6.28. The van der Waals surface area contributed by atoms with Crippen molar-refractivity contribution < 1.29 is 4.39 Å². The molecule has 0 atom stereocenters. The highest BCUT2D eigenvalue weighted by Gasteiger charge is 2.06. The number of aromatic nitrogens is 5. The summed E-state index contributed by atoms with van der Waals surface area (Å²) >= 11 is 5.88. The van der Waals surface area contributed by atoms with Crippen molar-refractivity contribution in [1.29, 1.82) is 0 Å². The fourth-order valence-corrected chi connectivity index (χ4v) is 1.90. The van der Waals surface area contributed by atoms with Gasteiger partial charge in [0.2, 0.25) is 17.2 Å². The van der Waals surface area contributed by atoms with Crippen LogP contribution in [-0.2, 0) is 6.54 Å². The fraction of sp³-hybridized carbons (Fsp3) is 0.0769. The molecule has 1 N–H and O–H groups in total. The molecular weight excluding hydrogens is 295 g/mol. The Morgan fingerprint density at radius 3 is 2.90 bits per heavy atom. The zero-order chi connectivity index (χ0) is 14.7. The van der Waals surface area contributed by atoms with Gasteiger partial charge in [0.1, 0.15) is 12.1 Å². The number of hydrogen-bond acceptors (Lipinski definition) is 5. The van der Waals surface area contributed by atoms with Gasteiger partial charge < -0.3 is 5.32 Å². The van der Waals surface area contributed by atoms with Crippen LogP contribution in [0.2, 0.25) is 5.28 Å². The van der Waals surface area contributed by atoms with Gasteiger partial charge in [0.15, 0.2) is 0 Å². The van der Waals surface area contributed by atoms with Gasteiger partial charge in [-0.3, -0.25) is 4.57 Å². The lowest BCUT2D eigenvalue weighted by Crippen LogP contribution is -2.08. The molecule has 0 aliphatic rings. The van der Waals surface area contributed by atoms with Gasteiger partial charge in [-0.1, -0.05) is 12.1 Å². The number of nitrogens with one attached hydrogen (secondary N) is 1. The molecule has 8 heteroatoms. The molecule has 0 radical (unpaired) electrons. The predicted molar refractivity (Wildman–Crippen MR) is 75.7 cm³/mol. The maximum atomic E-state index is 13.1. The molecule has 0 aliphatic carbocycles. The monoisotopic (exact) mass is 304 g/mol. The molecule has 0 saturated heterocycles. The second-order valence-electron chi connectivity index (χ2n) is 4.18. The number of anilines is 1. The Bertz CT molecular complexity index is 746. The van der Waals surface area contributed by atoms with Crippen molar-refractivity contribution in [3.05, 3.63) is 59.7 Å². The van der Waals surface area contributed by atoms with Crippen LogP contribution >= 0.6 is 11.6 Å². The van der Waals surface area contributed by atoms with E-state index in [0.29, 0.717) is 18.4 Å². The van der Waals surface area contributed by atoms with Crippen molar-refractivity contribution in [3.63, 3.8) is 0 Å². The zero-order valence-corrected chi connectivity index (χ0v) is 11.5. The first-order valence-electron chi connectivity index (χ1n) is 6.09. The smallest absolute Gasteiger partial charge is 0.241 e. The molecule has 0 bridgehead atoms. The predicted octanol–water partition coefficient (Wildman–Crippen LogP) is 2.46. The van der Waals surface area contributed by atoms with Crippen LogP contribution in [0.3, 0.4) is 0 Å². The third-order valence-corrected chi connectivity index (χ3v) is 2.84. The molecule has 0 unspecified atom stereocenters. The van der Waals surface area contributed by atoms with Crippen LogP contribution in [0.1, 0.15) is 5.56 Å².